The molecule has 0 atom stereocenters. The van der Waals surface area contributed by atoms with Gasteiger partial charge in [0.2, 0.25) is 5.91 Å². The molecule has 1 amide bonds. The number of hydrogen-bond donors (Lipinski definition) is 3. The van der Waals surface area contributed by atoms with E-state index in [-0.39, 0.29) is 24.1 Å². The molecule has 1 aromatic rings. The zero-order valence-corrected chi connectivity index (χ0v) is 11.5. The first-order chi connectivity index (χ1) is 9.90. The molecule has 1 aliphatic rings. The Hall–Kier alpha value is -1.60. The molecule has 0 aromatic heterocycles. The summed E-state index contributed by atoms with van der Waals surface area (Å²) in [6, 6.07) is 3.42. The van der Waals surface area contributed by atoms with E-state index >= 15 is 0 Å². The van der Waals surface area contributed by atoms with E-state index in [0.29, 0.717) is 18.4 Å². The lowest BCUT2D eigenvalue weighted by molar-refractivity contribution is -0.137. The van der Waals surface area contributed by atoms with Gasteiger partial charge in [0.15, 0.2) is 0 Å². The molecule has 4 N–H and O–H groups in total. The Morgan fingerprint density at radius 1 is 1.29 bits per heavy atom. The van der Waals surface area contributed by atoms with Crippen LogP contribution in [0.5, 0.6) is 0 Å². The Kier molecular flexibility index (Phi) is 4.84. The van der Waals surface area contributed by atoms with Gasteiger partial charge in [0.1, 0.15) is 0 Å². The van der Waals surface area contributed by atoms with E-state index in [1.54, 1.807) is 0 Å². The summed E-state index contributed by atoms with van der Waals surface area (Å²) in [5.41, 5.74) is 5.10. The zero-order chi connectivity index (χ0) is 15.5. The minimum absolute atomic E-state index is 0.0138. The van der Waals surface area contributed by atoms with E-state index in [0.717, 1.165) is 25.2 Å². The molecule has 1 heterocycles. The number of nitrogens with one attached hydrogen (secondary N) is 2. The van der Waals surface area contributed by atoms with Crippen LogP contribution in [0, 0.1) is 5.92 Å². The van der Waals surface area contributed by atoms with E-state index in [1.165, 1.54) is 6.07 Å². The van der Waals surface area contributed by atoms with Crippen LogP contribution in [0.2, 0.25) is 0 Å². The Morgan fingerprint density at radius 3 is 2.52 bits per heavy atom. The fourth-order valence-electron chi connectivity index (χ4n) is 2.37. The number of alkyl halides is 3. The summed E-state index contributed by atoms with van der Waals surface area (Å²) in [6.07, 6.45) is -3.08. The van der Waals surface area contributed by atoms with E-state index in [1.807, 2.05) is 0 Å². The van der Waals surface area contributed by atoms with Crippen molar-refractivity contribution in [2.24, 2.45) is 11.7 Å². The maximum atomic E-state index is 12.8. The molecule has 0 spiro atoms. The number of piperidine rings is 1. The van der Waals surface area contributed by atoms with Crippen LogP contribution in [-0.4, -0.2) is 19.0 Å². The second-order valence-corrected chi connectivity index (χ2v) is 5.13. The van der Waals surface area contributed by atoms with Gasteiger partial charge < -0.3 is 16.4 Å². The molecule has 0 radical (unpaired) electrons. The van der Waals surface area contributed by atoms with Gasteiger partial charge >= 0.3 is 6.18 Å². The van der Waals surface area contributed by atoms with Crippen molar-refractivity contribution >= 4 is 11.6 Å². The number of carbonyl (C=O) groups is 1. The standard InChI is InChI=1S/C14H18F3N3O/c15-14(16,17)11-5-9(8-18)6-12(7-11)20-13(21)10-1-3-19-4-2-10/h5-7,10,19H,1-4,8,18H2,(H,20,21). The topological polar surface area (TPSA) is 67.1 Å². The first-order valence-electron chi connectivity index (χ1n) is 6.83. The monoisotopic (exact) mass is 301 g/mol. The second kappa shape index (κ2) is 6.44. The van der Waals surface area contributed by atoms with Crippen LogP contribution in [0.25, 0.3) is 0 Å². The maximum absolute atomic E-state index is 12.8. The molecule has 1 fully saturated rings. The van der Waals surface area contributed by atoms with Gasteiger partial charge in [-0.1, -0.05) is 0 Å². The summed E-state index contributed by atoms with van der Waals surface area (Å²) in [5, 5.41) is 5.71. The Labute approximate surface area is 120 Å². The van der Waals surface area contributed by atoms with E-state index < -0.39 is 11.7 Å². The van der Waals surface area contributed by atoms with E-state index in [9.17, 15) is 18.0 Å². The lowest BCUT2D eigenvalue weighted by atomic mass is 9.97. The average Bonchev–Trinajstić information content (AvgIpc) is 2.46. The molecule has 0 bridgehead atoms. The first kappa shape index (κ1) is 15.8. The van der Waals surface area contributed by atoms with Crippen molar-refractivity contribution in [1.29, 1.82) is 0 Å². The predicted octanol–water partition coefficient (Wildman–Crippen LogP) is 2.10. The van der Waals surface area contributed by atoms with Gasteiger partial charge in [-0.2, -0.15) is 13.2 Å². The van der Waals surface area contributed by atoms with Gasteiger partial charge in [0, 0.05) is 18.2 Å². The maximum Gasteiger partial charge on any atom is 0.416 e. The molecule has 0 unspecified atom stereocenters. The number of amides is 1. The largest absolute Gasteiger partial charge is 0.416 e. The van der Waals surface area contributed by atoms with Gasteiger partial charge in [-0.15, -0.1) is 0 Å². The number of hydrogen-bond acceptors (Lipinski definition) is 3. The molecule has 1 aromatic carbocycles. The highest BCUT2D eigenvalue weighted by atomic mass is 19.4. The SMILES string of the molecule is NCc1cc(NC(=O)C2CCNCC2)cc(C(F)(F)F)c1. The minimum atomic E-state index is -4.46. The number of benzene rings is 1. The van der Waals surface area contributed by atoms with Crippen molar-refractivity contribution in [3.63, 3.8) is 0 Å². The molecule has 2 rings (SSSR count). The Balaban J connectivity index is 2.16. The fourth-order valence-corrected chi connectivity index (χ4v) is 2.37. The fraction of sp³-hybridized carbons (Fsp3) is 0.500. The van der Waals surface area contributed by atoms with Crippen LogP contribution >= 0.6 is 0 Å². The second-order valence-electron chi connectivity index (χ2n) is 5.13. The molecule has 1 aliphatic heterocycles. The molecule has 116 valence electrons. The van der Waals surface area contributed by atoms with Crippen LogP contribution in [0.4, 0.5) is 18.9 Å². The average molecular weight is 301 g/mol. The van der Waals surface area contributed by atoms with Gasteiger partial charge in [-0.3, -0.25) is 4.79 Å². The number of nitrogens with two attached hydrogens (primary N) is 1. The quantitative estimate of drug-likeness (QED) is 0.801. The number of anilines is 1. The van der Waals surface area contributed by atoms with Crippen molar-refractivity contribution in [3.05, 3.63) is 29.3 Å². The highest BCUT2D eigenvalue weighted by Gasteiger charge is 2.31. The normalized spacial score (nSPS) is 16.8. The van der Waals surface area contributed by atoms with Crippen molar-refractivity contribution < 1.29 is 18.0 Å². The van der Waals surface area contributed by atoms with Crippen LogP contribution in [0.3, 0.4) is 0 Å². The molecule has 0 saturated carbocycles. The van der Waals surface area contributed by atoms with E-state index in [4.69, 9.17) is 5.73 Å². The van der Waals surface area contributed by atoms with Crippen molar-refractivity contribution in [1.82, 2.24) is 5.32 Å². The van der Waals surface area contributed by atoms with Gasteiger partial charge in [0.05, 0.1) is 5.56 Å². The van der Waals surface area contributed by atoms with Crippen molar-refractivity contribution in [2.75, 3.05) is 18.4 Å². The summed E-state index contributed by atoms with van der Waals surface area (Å²) < 4.78 is 38.4. The lowest BCUT2D eigenvalue weighted by Crippen LogP contribution is -2.34. The molecular weight excluding hydrogens is 283 g/mol. The summed E-state index contributed by atoms with van der Waals surface area (Å²) in [6.45, 7) is 1.48. The highest BCUT2D eigenvalue weighted by Crippen LogP contribution is 2.32. The van der Waals surface area contributed by atoms with Crippen LogP contribution in [-0.2, 0) is 17.5 Å². The lowest BCUT2D eigenvalue weighted by Gasteiger charge is -2.22. The third-order valence-corrected chi connectivity index (χ3v) is 3.53. The number of halogens is 3. The molecule has 1 saturated heterocycles. The van der Waals surface area contributed by atoms with Crippen molar-refractivity contribution in [2.45, 2.75) is 25.6 Å². The minimum Gasteiger partial charge on any atom is -0.326 e. The van der Waals surface area contributed by atoms with Crippen molar-refractivity contribution in [3.8, 4) is 0 Å². The molecule has 4 nitrogen and oxygen atoms in total. The third kappa shape index (κ3) is 4.18. The Bertz CT molecular complexity index is 511. The summed E-state index contributed by atoms with van der Waals surface area (Å²) >= 11 is 0. The van der Waals surface area contributed by atoms with Gasteiger partial charge in [-0.25, -0.2) is 0 Å². The Morgan fingerprint density at radius 2 is 1.95 bits per heavy atom. The molecule has 0 aliphatic carbocycles. The van der Waals surface area contributed by atoms with Crippen LogP contribution in [0.15, 0.2) is 18.2 Å². The highest BCUT2D eigenvalue weighted by molar-refractivity contribution is 5.92. The predicted molar refractivity (Wildman–Crippen MR) is 73.6 cm³/mol. The molecule has 7 heteroatoms. The summed E-state index contributed by atoms with van der Waals surface area (Å²) in [7, 11) is 0. The molecule has 21 heavy (non-hydrogen) atoms. The summed E-state index contributed by atoms with van der Waals surface area (Å²) in [4.78, 5) is 12.1. The first-order valence-corrected chi connectivity index (χ1v) is 6.83. The van der Waals surface area contributed by atoms with Gasteiger partial charge in [-0.05, 0) is 49.7 Å². The number of rotatable bonds is 3. The summed E-state index contributed by atoms with van der Waals surface area (Å²) in [5.74, 6) is -0.402. The van der Waals surface area contributed by atoms with E-state index in [2.05, 4.69) is 10.6 Å². The van der Waals surface area contributed by atoms with Crippen LogP contribution < -0.4 is 16.4 Å². The zero-order valence-electron chi connectivity index (χ0n) is 11.5. The number of carbonyl (C=O) groups excluding carboxylic acids is 1. The molecular formula is C14H18F3N3O. The van der Waals surface area contributed by atoms with Crippen LogP contribution in [0.1, 0.15) is 24.0 Å². The van der Waals surface area contributed by atoms with Gasteiger partial charge in [0.25, 0.3) is 0 Å². The third-order valence-electron chi connectivity index (χ3n) is 3.53. The smallest absolute Gasteiger partial charge is 0.326 e.